The molecule has 0 aliphatic heterocycles. The third kappa shape index (κ3) is 4.32. The molecule has 17 heavy (non-hydrogen) atoms. The number of hydrogen-bond acceptors (Lipinski definition) is 4. The van der Waals surface area contributed by atoms with E-state index < -0.39 is 12.0 Å². The third-order valence-corrected chi connectivity index (χ3v) is 2.28. The minimum absolute atomic E-state index is 0.156. The van der Waals surface area contributed by atoms with Gasteiger partial charge in [-0.15, -0.1) is 0 Å². The monoisotopic (exact) mass is 239 g/mol. The van der Waals surface area contributed by atoms with Crippen molar-refractivity contribution in [2.24, 2.45) is 0 Å². The van der Waals surface area contributed by atoms with Gasteiger partial charge in [0, 0.05) is 18.2 Å². The number of phenols is 2. The summed E-state index contributed by atoms with van der Waals surface area (Å²) in [6.07, 6.45) is 0.880. The van der Waals surface area contributed by atoms with Crippen LogP contribution in [0.4, 0.5) is 0 Å². The molecule has 0 spiro atoms. The van der Waals surface area contributed by atoms with Crippen LogP contribution in [0.5, 0.6) is 11.5 Å². The van der Waals surface area contributed by atoms with Crippen molar-refractivity contribution in [2.45, 2.75) is 25.9 Å². The molecule has 4 N–H and O–H groups in total. The quantitative estimate of drug-likeness (QED) is 0.616. The fourth-order valence-corrected chi connectivity index (χ4v) is 1.47. The highest BCUT2D eigenvalue weighted by atomic mass is 16.3. The number of aromatic hydroxyl groups is 2. The van der Waals surface area contributed by atoms with Crippen LogP contribution < -0.4 is 5.32 Å². The van der Waals surface area contributed by atoms with Gasteiger partial charge in [-0.25, -0.2) is 0 Å². The predicted octanol–water partition coefficient (Wildman–Crippen LogP) is 0.989. The van der Waals surface area contributed by atoms with Gasteiger partial charge in [0.1, 0.15) is 11.5 Å². The highest BCUT2D eigenvalue weighted by molar-refractivity contribution is 5.95. The van der Waals surface area contributed by atoms with Gasteiger partial charge in [0.2, 0.25) is 0 Å². The van der Waals surface area contributed by atoms with Crippen LogP contribution in [0.15, 0.2) is 18.2 Å². The molecule has 0 saturated carbocycles. The van der Waals surface area contributed by atoms with Gasteiger partial charge in [0.05, 0.1) is 6.10 Å². The van der Waals surface area contributed by atoms with Crippen LogP contribution >= 0.6 is 0 Å². The van der Waals surface area contributed by atoms with Gasteiger partial charge >= 0.3 is 0 Å². The van der Waals surface area contributed by atoms with Gasteiger partial charge in [-0.1, -0.05) is 13.3 Å². The molecule has 1 rings (SSSR count). The summed E-state index contributed by atoms with van der Waals surface area (Å²) in [5, 5.41) is 30.4. The Morgan fingerprint density at radius 1 is 1.29 bits per heavy atom. The zero-order chi connectivity index (χ0) is 12.8. The number of benzene rings is 1. The summed E-state index contributed by atoms with van der Waals surface area (Å²) >= 11 is 0. The van der Waals surface area contributed by atoms with E-state index in [-0.39, 0.29) is 23.6 Å². The minimum Gasteiger partial charge on any atom is -0.508 e. The van der Waals surface area contributed by atoms with Crippen molar-refractivity contribution in [3.8, 4) is 11.5 Å². The number of amides is 1. The Morgan fingerprint density at radius 2 is 1.88 bits per heavy atom. The second kappa shape index (κ2) is 6.10. The van der Waals surface area contributed by atoms with E-state index in [1.165, 1.54) is 12.1 Å². The Labute approximate surface area is 99.7 Å². The summed E-state index contributed by atoms with van der Waals surface area (Å²) in [6.45, 7) is 2.10. The molecular formula is C12H17NO4. The SMILES string of the molecule is CCCC(O)CNC(=O)c1cc(O)cc(O)c1. The molecule has 94 valence electrons. The Morgan fingerprint density at radius 3 is 2.41 bits per heavy atom. The standard InChI is InChI=1S/C12H17NO4/c1-2-3-9(14)7-13-12(17)8-4-10(15)6-11(16)5-8/h4-6,9,14-16H,2-3,7H2,1H3,(H,13,17). The molecule has 0 radical (unpaired) electrons. The highest BCUT2D eigenvalue weighted by Crippen LogP contribution is 2.20. The van der Waals surface area contributed by atoms with Crippen molar-refractivity contribution in [1.82, 2.24) is 5.32 Å². The van der Waals surface area contributed by atoms with Gasteiger partial charge in [-0.2, -0.15) is 0 Å². The largest absolute Gasteiger partial charge is 0.508 e. The number of rotatable bonds is 5. The summed E-state index contributed by atoms with van der Waals surface area (Å²) in [5.41, 5.74) is 0.159. The molecule has 0 aliphatic carbocycles. The Bertz CT molecular complexity index is 372. The van der Waals surface area contributed by atoms with E-state index in [2.05, 4.69) is 5.32 Å². The van der Waals surface area contributed by atoms with E-state index in [0.717, 1.165) is 12.5 Å². The van der Waals surface area contributed by atoms with E-state index in [1.807, 2.05) is 6.92 Å². The average molecular weight is 239 g/mol. The molecule has 1 aromatic rings. The van der Waals surface area contributed by atoms with Crippen molar-refractivity contribution in [1.29, 1.82) is 0 Å². The molecule has 1 unspecified atom stereocenters. The van der Waals surface area contributed by atoms with Crippen molar-refractivity contribution < 1.29 is 20.1 Å². The molecule has 0 aliphatic rings. The molecule has 0 bridgehead atoms. The molecule has 1 aromatic carbocycles. The first-order valence-electron chi connectivity index (χ1n) is 5.52. The summed E-state index contributed by atoms with van der Waals surface area (Å²) in [6, 6.07) is 3.64. The van der Waals surface area contributed by atoms with E-state index in [1.54, 1.807) is 0 Å². The normalized spacial score (nSPS) is 12.1. The zero-order valence-corrected chi connectivity index (χ0v) is 9.68. The Balaban J connectivity index is 2.58. The third-order valence-electron chi connectivity index (χ3n) is 2.28. The molecule has 1 amide bonds. The van der Waals surface area contributed by atoms with Crippen molar-refractivity contribution >= 4 is 5.91 Å². The number of aliphatic hydroxyl groups excluding tert-OH is 1. The number of hydrogen-bond donors (Lipinski definition) is 4. The van der Waals surface area contributed by atoms with Gasteiger partial charge in [0.15, 0.2) is 0 Å². The molecular weight excluding hydrogens is 222 g/mol. The maximum absolute atomic E-state index is 11.6. The van der Waals surface area contributed by atoms with Gasteiger partial charge < -0.3 is 20.6 Å². The highest BCUT2D eigenvalue weighted by Gasteiger charge is 2.10. The van der Waals surface area contributed by atoms with Crippen LogP contribution in [-0.4, -0.2) is 33.9 Å². The summed E-state index contributed by atoms with van der Waals surface area (Å²) in [5.74, 6) is -0.792. The second-order valence-electron chi connectivity index (χ2n) is 3.89. The number of nitrogens with one attached hydrogen (secondary N) is 1. The van der Waals surface area contributed by atoms with E-state index in [0.29, 0.717) is 6.42 Å². The number of carbonyl (C=O) groups excluding carboxylic acids is 1. The molecule has 0 fully saturated rings. The van der Waals surface area contributed by atoms with Crippen molar-refractivity contribution in [3.05, 3.63) is 23.8 Å². The topological polar surface area (TPSA) is 89.8 Å². The number of carbonyl (C=O) groups is 1. The van der Waals surface area contributed by atoms with Crippen LogP contribution in [0, 0.1) is 0 Å². The first-order valence-corrected chi connectivity index (χ1v) is 5.52. The van der Waals surface area contributed by atoms with Gasteiger partial charge in [-0.3, -0.25) is 4.79 Å². The average Bonchev–Trinajstić information content (AvgIpc) is 2.25. The van der Waals surface area contributed by atoms with Crippen LogP contribution in [0.1, 0.15) is 30.1 Å². The van der Waals surface area contributed by atoms with Gasteiger partial charge in [0.25, 0.3) is 5.91 Å². The molecule has 1 atom stereocenters. The molecule has 5 heteroatoms. The maximum atomic E-state index is 11.6. The number of phenolic OH excluding ortho intramolecular Hbond substituents is 2. The summed E-state index contributed by atoms with van der Waals surface area (Å²) < 4.78 is 0. The zero-order valence-electron chi connectivity index (χ0n) is 9.68. The predicted molar refractivity (Wildman–Crippen MR) is 63.0 cm³/mol. The van der Waals surface area contributed by atoms with Crippen LogP contribution in [0.25, 0.3) is 0 Å². The first kappa shape index (κ1) is 13.3. The Hall–Kier alpha value is -1.75. The lowest BCUT2D eigenvalue weighted by atomic mass is 10.1. The van der Waals surface area contributed by atoms with Crippen LogP contribution in [-0.2, 0) is 0 Å². The lowest BCUT2D eigenvalue weighted by Gasteiger charge is -2.10. The van der Waals surface area contributed by atoms with Crippen molar-refractivity contribution in [3.63, 3.8) is 0 Å². The molecule has 0 aromatic heterocycles. The van der Waals surface area contributed by atoms with Crippen molar-refractivity contribution in [2.75, 3.05) is 6.54 Å². The molecule has 5 nitrogen and oxygen atoms in total. The van der Waals surface area contributed by atoms with Gasteiger partial charge in [-0.05, 0) is 18.6 Å². The minimum atomic E-state index is -0.574. The lowest BCUT2D eigenvalue weighted by molar-refractivity contribution is 0.0909. The number of aliphatic hydroxyl groups is 1. The summed E-state index contributed by atoms with van der Waals surface area (Å²) in [7, 11) is 0. The molecule has 0 heterocycles. The van der Waals surface area contributed by atoms with E-state index >= 15 is 0 Å². The molecule has 0 saturated heterocycles. The lowest BCUT2D eigenvalue weighted by Crippen LogP contribution is -2.31. The van der Waals surface area contributed by atoms with Crippen LogP contribution in [0.3, 0.4) is 0 Å². The fraction of sp³-hybridized carbons (Fsp3) is 0.417. The van der Waals surface area contributed by atoms with E-state index in [9.17, 15) is 20.1 Å². The van der Waals surface area contributed by atoms with Crippen LogP contribution in [0.2, 0.25) is 0 Å². The smallest absolute Gasteiger partial charge is 0.251 e. The summed E-state index contributed by atoms with van der Waals surface area (Å²) in [4.78, 5) is 11.6. The fourth-order valence-electron chi connectivity index (χ4n) is 1.47. The van der Waals surface area contributed by atoms with E-state index in [4.69, 9.17) is 0 Å². The second-order valence-corrected chi connectivity index (χ2v) is 3.89. The maximum Gasteiger partial charge on any atom is 0.251 e. The first-order chi connectivity index (χ1) is 8.02. The Kier molecular flexibility index (Phi) is 4.78.